The molecule has 0 saturated carbocycles. The summed E-state index contributed by atoms with van der Waals surface area (Å²) in [4.78, 5) is 44.9. The van der Waals surface area contributed by atoms with Crippen LogP contribution in [0.25, 0.3) is 0 Å². The normalized spacial score (nSPS) is 13.8. The predicted molar refractivity (Wildman–Crippen MR) is 69.6 cm³/mol. The predicted octanol–water partition coefficient (Wildman–Crippen LogP) is 1.30. The first-order valence-corrected chi connectivity index (χ1v) is 6.24. The van der Waals surface area contributed by atoms with Crippen molar-refractivity contribution in [3.05, 3.63) is 0 Å². The highest BCUT2D eigenvalue weighted by Crippen LogP contribution is 2.12. The molecule has 1 N–H and O–H groups in total. The van der Waals surface area contributed by atoms with Crippen LogP contribution in [-0.4, -0.2) is 46.8 Å². The van der Waals surface area contributed by atoms with E-state index in [1.54, 1.807) is 20.8 Å². The van der Waals surface area contributed by atoms with E-state index < -0.39 is 48.1 Å². The zero-order chi connectivity index (χ0) is 16.8. The quantitative estimate of drug-likeness (QED) is 0.730. The number of esters is 1. The van der Waals surface area contributed by atoms with E-state index in [0.717, 1.165) is 6.92 Å². The molecule has 120 valence electrons. The minimum Gasteiger partial charge on any atom is -0.479 e. The van der Waals surface area contributed by atoms with Gasteiger partial charge in [-0.15, -0.1) is 0 Å². The summed E-state index contributed by atoms with van der Waals surface area (Å²) in [5.74, 6) is -2.91. The lowest BCUT2D eigenvalue weighted by atomic mass is 10.2. The lowest BCUT2D eigenvalue weighted by molar-refractivity contribution is -0.170. The highest BCUT2D eigenvalue weighted by molar-refractivity contribution is 5.87. The first-order chi connectivity index (χ1) is 9.42. The maximum absolute atomic E-state index is 11.7. The van der Waals surface area contributed by atoms with Gasteiger partial charge in [-0.1, -0.05) is 0 Å². The number of ether oxygens (including phenoxy) is 3. The third-order valence-corrected chi connectivity index (χ3v) is 2.00. The Labute approximate surface area is 122 Å². The molecule has 21 heavy (non-hydrogen) atoms. The molecule has 0 amide bonds. The highest BCUT2D eigenvalue weighted by Gasteiger charge is 2.31. The molecule has 0 unspecified atom stereocenters. The lowest BCUT2D eigenvalue weighted by Gasteiger charge is -2.22. The SMILES string of the molecule is CC(=O)C[C@H](OC(=O)OC(C)(C)C)C(=O)O[C@@H](C)C(=O)O. The topological polar surface area (TPSA) is 116 Å². The Morgan fingerprint density at radius 1 is 1.10 bits per heavy atom. The molecule has 0 aromatic rings. The van der Waals surface area contributed by atoms with Crippen LogP contribution in [0.1, 0.15) is 41.0 Å². The Morgan fingerprint density at radius 2 is 1.62 bits per heavy atom. The van der Waals surface area contributed by atoms with Gasteiger partial charge < -0.3 is 19.3 Å². The van der Waals surface area contributed by atoms with Crippen molar-refractivity contribution < 1.29 is 38.5 Å². The molecule has 8 nitrogen and oxygen atoms in total. The van der Waals surface area contributed by atoms with E-state index in [-0.39, 0.29) is 0 Å². The summed E-state index contributed by atoms with van der Waals surface area (Å²) in [6.45, 7) is 7.12. The average molecular weight is 304 g/mol. The van der Waals surface area contributed by atoms with Crippen LogP contribution in [0, 0.1) is 0 Å². The number of carboxylic acids is 1. The zero-order valence-corrected chi connectivity index (χ0v) is 12.7. The van der Waals surface area contributed by atoms with Gasteiger partial charge in [-0.05, 0) is 34.6 Å². The third-order valence-electron chi connectivity index (χ3n) is 2.00. The molecule has 0 saturated heterocycles. The van der Waals surface area contributed by atoms with Gasteiger partial charge in [-0.2, -0.15) is 0 Å². The first-order valence-electron chi connectivity index (χ1n) is 6.24. The molecule has 8 heteroatoms. The minimum absolute atomic E-state index is 0.426. The molecule has 0 aromatic carbocycles. The standard InChI is InChI=1S/C13H20O8/c1-7(14)6-9(11(17)19-8(2)10(15)16)20-12(18)21-13(3,4)5/h8-9H,6H2,1-5H3,(H,15,16)/t8-,9-/m0/s1. The highest BCUT2D eigenvalue weighted by atomic mass is 16.7. The maximum atomic E-state index is 11.7. The van der Waals surface area contributed by atoms with Crippen LogP contribution in [0.5, 0.6) is 0 Å². The number of carbonyl (C=O) groups is 4. The number of rotatable bonds is 6. The van der Waals surface area contributed by atoms with Gasteiger partial charge in [-0.25, -0.2) is 14.4 Å². The van der Waals surface area contributed by atoms with E-state index in [2.05, 4.69) is 4.74 Å². The van der Waals surface area contributed by atoms with Crippen LogP contribution >= 0.6 is 0 Å². The molecule has 0 aliphatic heterocycles. The fraction of sp³-hybridized carbons (Fsp3) is 0.692. The molecule has 0 bridgehead atoms. The van der Waals surface area contributed by atoms with E-state index >= 15 is 0 Å². The van der Waals surface area contributed by atoms with Crippen molar-refractivity contribution in [2.45, 2.75) is 58.8 Å². The summed E-state index contributed by atoms with van der Waals surface area (Å²) in [6, 6.07) is 0. The molecule has 0 heterocycles. The van der Waals surface area contributed by atoms with Crippen LogP contribution < -0.4 is 0 Å². The van der Waals surface area contributed by atoms with Crippen LogP contribution in [0.2, 0.25) is 0 Å². The molecule has 0 aliphatic rings. The fourth-order valence-corrected chi connectivity index (χ4v) is 1.12. The van der Waals surface area contributed by atoms with Crippen LogP contribution in [-0.2, 0) is 28.6 Å². The maximum Gasteiger partial charge on any atom is 0.509 e. The average Bonchev–Trinajstić information content (AvgIpc) is 2.24. The number of Topliss-reactive ketones (excluding diaryl/α,β-unsaturated/α-hetero) is 1. The number of carboxylic acid groups (broad SMARTS) is 1. The summed E-state index contributed by atoms with van der Waals surface area (Å²) in [6.07, 6.45) is -4.54. The minimum atomic E-state index is -1.54. The van der Waals surface area contributed by atoms with E-state index in [9.17, 15) is 19.2 Å². The van der Waals surface area contributed by atoms with Gasteiger partial charge >= 0.3 is 18.1 Å². The number of carbonyl (C=O) groups excluding carboxylic acids is 3. The lowest BCUT2D eigenvalue weighted by Crippen LogP contribution is -2.36. The number of ketones is 1. The molecule has 2 atom stereocenters. The molecule has 0 radical (unpaired) electrons. The Hall–Kier alpha value is -2.12. The van der Waals surface area contributed by atoms with Gasteiger partial charge in [0, 0.05) is 0 Å². The molecule has 0 aromatic heterocycles. The first kappa shape index (κ1) is 18.9. The van der Waals surface area contributed by atoms with Crippen LogP contribution in [0.15, 0.2) is 0 Å². The monoisotopic (exact) mass is 304 g/mol. The Bertz CT molecular complexity index is 420. The Balaban J connectivity index is 4.79. The van der Waals surface area contributed by atoms with Crippen LogP contribution in [0.3, 0.4) is 0 Å². The smallest absolute Gasteiger partial charge is 0.479 e. The van der Waals surface area contributed by atoms with Crippen molar-refractivity contribution in [2.75, 3.05) is 0 Å². The van der Waals surface area contributed by atoms with E-state index in [1.807, 2.05) is 0 Å². The fourth-order valence-electron chi connectivity index (χ4n) is 1.12. The molecule has 0 spiro atoms. The van der Waals surface area contributed by atoms with E-state index in [4.69, 9.17) is 14.6 Å². The Kier molecular flexibility index (Phi) is 6.84. The number of hydrogen-bond acceptors (Lipinski definition) is 7. The second-order valence-corrected chi connectivity index (χ2v) is 5.39. The van der Waals surface area contributed by atoms with Gasteiger partial charge in [0.1, 0.15) is 11.4 Å². The molecular weight excluding hydrogens is 284 g/mol. The molecular formula is C13H20O8. The van der Waals surface area contributed by atoms with Crippen molar-refractivity contribution in [3.63, 3.8) is 0 Å². The van der Waals surface area contributed by atoms with Crippen molar-refractivity contribution in [1.82, 2.24) is 0 Å². The van der Waals surface area contributed by atoms with Crippen molar-refractivity contribution in [1.29, 1.82) is 0 Å². The largest absolute Gasteiger partial charge is 0.509 e. The second-order valence-electron chi connectivity index (χ2n) is 5.39. The summed E-state index contributed by atoms with van der Waals surface area (Å²) in [5.41, 5.74) is -0.837. The van der Waals surface area contributed by atoms with Gasteiger partial charge in [0.2, 0.25) is 6.10 Å². The van der Waals surface area contributed by atoms with Gasteiger partial charge in [0.05, 0.1) is 6.42 Å². The van der Waals surface area contributed by atoms with Gasteiger partial charge in [-0.3, -0.25) is 4.79 Å². The summed E-state index contributed by atoms with van der Waals surface area (Å²) >= 11 is 0. The summed E-state index contributed by atoms with van der Waals surface area (Å²) in [7, 11) is 0. The Morgan fingerprint density at radius 3 is 2.00 bits per heavy atom. The summed E-state index contributed by atoms with van der Waals surface area (Å²) in [5, 5.41) is 8.65. The molecule has 0 fully saturated rings. The number of hydrogen-bond donors (Lipinski definition) is 1. The molecule has 0 rings (SSSR count). The molecule has 0 aliphatic carbocycles. The van der Waals surface area contributed by atoms with Gasteiger partial charge in [0.25, 0.3) is 0 Å². The van der Waals surface area contributed by atoms with Crippen LogP contribution in [0.4, 0.5) is 4.79 Å². The van der Waals surface area contributed by atoms with E-state index in [1.165, 1.54) is 6.92 Å². The number of aliphatic carboxylic acids is 1. The summed E-state index contributed by atoms with van der Waals surface area (Å²) < 4.78 is 14.2. The van der Waals surface area contributed by atoms with E-state index in [0.29, 0.717) is 0 Å². The zero-order valence-electron chi connectivity index (χ0n) is 12.7. The third kappa shape index (κ3) is 8.61. The van der Waals surface area contributed by atoms with Crippen molar-refractivity contribution in [2.24, 2.45) is 0 Å². The van der Waals surface area contributed by atoms with Crippen molar-refractivity contribution >= 4 is 23.9 Å². The second kappa shape index (κ2) is 7.61. The van der Waals surface area contributed by atoms with Crippen molar-refractivity contribution in [3.8, 4) is 0 Å². The van der Waals surface area contributed by atoms with Gasteiger partial charge in [0.15, 0.2) is 6.10 Å².